The average molecular weight is 291 g/mol. The lowest BCUT2D eigenvalue weighted by molar-refractivity contribution is -0.145. The van der Waals surface area contributed by atoms with Gasteiger partial charge in [0.25, 0.3) is 0 Å². The molecular formula is C16H21NO4. The molecule has 1 fully saturated rings. The van der Waals surface area contributed by atoms with Gasteiger partial charge >= 0.3 is 5.97 Å². The Morgan fingerprint density at radius 3 is 2.71 bits per heavy atom. The molecule has 1 heterocycles. The summed E-state index contributed by atoms with van der Waals surface area (Å²) >= 11 is 0. The van der Waals surface area contributed by atoms with Crippen LogP contribution in [0.2, 0.25) is 0 Å². The number of benzene rings is 1. The molecule has 0 saturated carbocycles. The van der Waals surface area contributed by atoms with Crippen LogP contribution in [0.3, 0.4) is 0 Å². The van der Waals surface area contributed by atoms with E-state index in [-0.39, 0.29) is 30.9 Å². The summed E-state index contributed by atoms with van der Waals surface area (Å²) in [6.45, 7) is 0.883. The summed E-state index contributed by atoms with van der Waals surface area (Å²) in [5, 5.41) is 8.72. The van der Waals surface area contributed by atoms with Crippen molar-refractivity contribution >= 4 is 11.9 Å². The smallest absolute Gasteiger partial charge is 0.305 e. The quantitative estimate of drug-likeness (QED) is 0.902. The normalized spacial score (nSPS) is 21.8. The summed E-state index contributed by atoms with van der Waals surface area (Å²) in [4.78, 5) is 24.7. The highest BCUT2D eigenvalue weighted by Gasteiger charge is 2.34. The summed E-state index contributed by atoms with van der Waals surface area (Å²) in [5.74, 6) is -1.17. The van der Waals surface area contributed by atoms with Gasteiger partial charge in [0.2, 0.25) is 5.91 Å². The van der Waals surface area contributed by atoms with E-state index in [9.17, 15) is 9.59 Å². The van der Waals surface area contributed by atoms with Crippen molar-refractivity contribution < 1.29 is 19.4 Å². The summed E-state index contributed by atoms with van der Waals surface area (Å²) in [5.41, 5.74) is 1.00. The Labute approximate surface area is 124 Å². The highest BCUT2D eigenvalue weighted by Crippen LogP contribution is 2.34. The summed E-state index contributed by atoms with van der Waals surface area (Å²) < 4.78 is 5.81. The highest BCUT2D eigenvalue weighted by atomic mass is 16.5. The molecule has 1 N–H and O–H groups in total. The third-order valence-electron chi connectivity index (χ3n) is 3.80. The second-order valence-corrected chi connectivity index (χ2v) is 5.35. The van der Waals surface area contributed by atoms with Crippen LogP contribution in [-0.2, 0) is 14.3 Å². The minimum absolute atomic E-state index is 0.0359. The van der Waals surface area contributed by atoms with E-state index in [4.69, 9.17) is 9.84 Å². The number of aliphatic carboxylic acids is 1. The van der Waals surface area contributed by atoms with Gasteiger partial charge in [-0.3, -0.25) is 9.59 Å². The van der Waals surface area contributed by atoms with E-state index in [1.807, 2.05) is 30.3 Å². The molecule has 21 heavy (non-hydrogen) atoms. The van der Waals surface area contributed by atoms with Crippen molar-refractivity contribution in [1.29, 1.82) is 0 Å². The molecule has 0 bridgehead atoms. The molecule has 0 aliphatic carbocycles. The largest absolute Gasteiger partial charge is 0.481 e. The van der Waals surface area contributed by atoms with Crippen LogP contribution in [0.25, 0.3) is 0 Å². The monoisotopic (exact) mass is 291 g/mol. The first-order valence-electron chi connectivity index (χ1n) is 7.23. The standard InChI is InChI=1S/C16H21NO4/c1-17(10-9-14(18)19)16(20)13-8-5-11-21-15(13)12-6-3-2-4-7-12/h2-4,6-7,13,15H,5,8-11H2,1H3,(H,18,19)/t13-,15+/m1/s1. The van der Waals surface area contributed by atoms with Crippen LogP contribution < -0.4 is 0 Å². The first-order valence-corrected chi connectivity index (χ1v) is 7.23. The number of hydrogen-bond donors (Lipinski definition) is 1. The van der Waals surface area contributed by atoms with E-state index in [1.165, 1.54) is 4.90 Å². The number of hydrogen-bond acceptors (Lipinski definition) is 3. The van der Waals surface area contributed by atoms with Crippen molar-refractivity contribution in [2.45, 2.75) is 25.4 Å². The van der Waals surface area contributed by atoms with E-state index < -0.39 is 5.97 Å². The van der Waals surface area contributed by atoms with E-state index in [0.717, 1.165) is 18.4 Å². The van der Waals surface area contributed by atoms with Gasteiger partial charge in [0.15, 0.2) is 0 Å². The number of carbonyl (C=O) groups excluding carboxylic acids is 1. The zero-order chi connectivity index (χ0) is 15.2. The predicted octanol–water partition coefficient (Wildman–Crippen LogP) is 2.09. The molecule has 1 saturated heterocycles. The van der Waals surface area contributed by atoms with Gasteiger partial charge in [0, 0.05) is 20.2 Å². The zero-order valence-electron chi connectivity index (χ0n) is 12.2. The molecule has 1 aliphatic rings. The van der Waals surface area contributed by atoms with Crippen LogP contribution in [0.4, 0.5) is 0 Å². The van der Waals surface area contributed by atoms with Crippen molar-refractivity contribution in [2.24, 2.45) is 5.92 Å². The van der Waals surface area contributed by atoms with Crippen LogP contribution in [-0.4, -0.2) is 42.1 Å². The highest BCUT2D eigenvalue weighted by molar-refractivity contribution is 5.80. The lowest BCUT2D eigenvalue weighted by atomic mass is 9.88. The topological polar surface area (TPSA) is 66.8 Å². The van der Waals surface area contributed by atoms with Crippen LogP contribution in [0.1, 0.15) is 30.9 Å². The van der Waals surface area contributed by atoms with E-state index in [0.29, 0.717) is 6.61 Å². The average Bonchev–Trinajstić information content (AvgIpc) is 2.52. The molecule has 1 amide bonds. The van der Waals surface area contributed by atoms with Crippen molar-refractivity contribution in [3.8, 4) is 0 Å². The molecular weight excluding hydrogens is 270 g/mol. The number of nitrogens with zero attached hydrogens (tertiary/aromatic N) is 1. The Balaban J connectivity index is 2.07. The SMILES string of the molecule is CN(CCC(=O)O)C(=O)[C@@H]1CCCO[C@H]1c1ccccc1. The molecule has 1 aromatic rings. The zero-order valence-corrected chi connectivity index (χ0v) is 12.2. The van der Waals surface area contributed by atoms with Gasteiger partial charge in [-0.2, -0.15) is 0 Å². The fourth-order valence-corrected chi connectivity index (χ4v) is 2.66. The lowest BCUT2D eigenvalue weighted by Crippen LogP contribution is -2.39. The number of ether oxygens (including phenoxy) is 1. The van der Waals surface area contributed by atoms with Crippen molar-refractivity contribution in [3.63, 3.8) is 0 Å². The van der Waals surface area contributed by atoms with Gasteiger partial charge in [-0.25, -0.2) is 0 Å². The Morgan fingerprint density at radius 2 is 2.05 bits per heavy atom. The van der Waals surface area contributed by atoms with Crippen LogP contribution >= 0.6 is 0 Å². The molecule has 0 aromatic heterocycles. The van der Waals surface area contributed by atoms with Crippen LogP contribution in [0.15, 0.2) is 30.3 Å². The molecule has 114 valence electrons. The van der Waals surface area contributed by atoms with Gasteiger partial charge in [-0.15, -0.1) is 0 Å². The maximum Gasteiger partial charge on any atom is 0.305 e. The number of carboxylic acids is 1. The molecule has 0 spiro atoms. The van der Waals surface area contributed by atoms with Gasteiger partial charge in [-0.1, -0.05) is 30.3 Å². The molecule has 1 aliphatic heterocycles. The van der Waals surface area contributed by atoms with E-state index in [1.54, 1.807) is 7.05 Å². The van der Waals surface area contributed by atoms with Crippen LogP contribution in [0, 0.1) is 5.92 Å². The molecule has 1 aromatic carbocycles. The second-order valence-electron chi connectivity index (χ2n) is 5.35. The van der Waals surface area contributed by atoms with Gasteiger partial charge < -0.3 is 14.7 Å². The number of rotatable bonds is 5. The first kappa shape index (κ1) is 15.5. The Bertz CT molecular complexity index is 488. The molecule has 2 rings (SSSR count). The maximum atomic E-state index is 12.5. The van der Waals surface area contributed by atoms with Gasteiger partial charge in [0.1, 0.15) is 0 Å². The molecule has 5 nitrogen and oxygen atoms in total. The molecule has 0 unspecified atom stereocenters. The van der Waals surface area contributed by atoms with Crippen molar-refractivity contribution in [1.82, 2.24) is 4.90 Å². The minimum Gasteiger partial charge on any atom is -0.481 e. The fourth-order valence-electron chi connectivity index (χ4n) is 2.66. The molecule has 2 atom stereocenters. The first-order chi connectivity index (χ1) is 10.1. The lowest BCUT2D eigenvalue weighted by Gasteiger charge is -2.33. The summed E-state index contributed by atoms with van der Waals surface area (Å²) in [6.07, 6.45) is 1.36. The number of carboxylic acid groups (broad SMARTS) is 1. The summed E-state index contributed by atoms with van der Waals surface area (Å²) in [6, 6.07) is 9.73. The van der Waals surface area contributed by atoms with Crippen molar-refractivity contribution in [3.05, 3.63) is 35.9 Å². The minimum atomic E-state index is -0.894. The van der Waals surface area contributed by atoms with Crippen LogP contribution in [0.5, 0.6) is 0 Å². The Kier molecular flexibility index (Phi) is 5.33. The van der Waals surface area contributed by atoms with Gasteiger partial charge in [0.05, 0.1) is 18.4 Å². The molecule has 0 radical (unpaired) electrons. The Morgan fingerprint density at radius 1 is 1.33 bits per heavy atom. The van der Waals surface area contributed by atoms with Crippen molar-refractivity contribution in [2.75, 3.05) is 20.2 Å². The summed E-state index contributed by atoms with van der Waals surface area (Å²) in [7, 11) is 1.65. The number of carbonyl (C=O) groups is 2. The van der Waals surface area contributed by atoms with E-state index >= 15 is 0 Å². The fraction of sp³-hybridized carbons (Fsp3) is 0.500. The second kappa shape index (κ2) is 7.22. The third-order valence-corrected chi connectivity index (χ3v) is 3.80. The maximum absolute atomic E-state index is 12.5. The third kappa shape index (κ3) is 4.04. The molecule has 5 heteroatoms. The van der Waals surface area contributed by atoms with Gasteiger partial charge in [-0.05, 0) is 18.4 Å². The number of amides is 1. The van der Waals surface area contributed by atoms with E-state index in [2.05, 4.69) is 0 Å². The Hall–Kier alpha value is -1.88. The predicted molar refractivity (Wildman–Crippen MR) is 77.7 cm³/mol.